The number of aromatic nitrogens is 1. The number of rotatable bonds is 2. The first-order valence-electron chi connectivity index (χ1n) is 4.67. The topological polar surface area (TPSA) is 36.1 Å². The summed E-state index contributed by atoms with van der Waals surface area (Å²) < 4.78 is 0. The van der Waals surface area contributed by atoms with Gasteiger partial charge in [0.25, 0.3) is 0 Å². The summed E-state index contributed by atoms with van der Waals surface area (Å²) in [4.78, 5) is 16.2. The van der Waals surface area contributed by atoms with Gasteiger partial charge in [-0.1, -0.05) is 18.2 Å². The lowest BCUT2D eigenvalue weighted by Gasteiger charge is -2.14. The van der Waals surface area contributed by atoms with E-state index in [0.717, 1.165) is 16.6 Å². The number of amides is 1. The van der Waals surface area contributed by atoms with E-state index in [1.165, 1.54) is 0 Å². The number of aromatic amines is 1. The lowest BCUT2D eigenvalue weighted by Crippen LogP contribution is -2.26. The van der Waals surface area contributed by atoms with Crippen molar-refractivity contribution in [2.24, 2.45) is 0 Å². The summed E-state index contributed by atoms with van der Waals surface area (Å²) in [5.74, 6) is 0.207. The molecule has 0 aliphatic carbocycles. The second-order valence-corrected chi connectivity index (χ2v) is 3.65. The summed E-state index contributed by atoms with van der Waals surface area (Å²) in [6.07, 6.45) is 1.84. The van der Waals surface area contributed by atoms with Gasteiger partial charge in [-0.2, -0.15) is 12.6 Å². The molecule has 0 unspecified atom stereocenters. The number of hydrogen-bond donors (Lipinski definition) is 2. The number of nitrogens with zero attached hydrogens (tertiary/aromatic N) is 1. The van der Waals surface area contributed by atoms with Gasteiger partial charge >= 0.3 is 0 Å². The maximum Gasteiger partial charge on any atom is 0.236 e. The van der Waals surface area contributed by atoms with Crippen molar-refractivity contribution in [2.75, 3.05) is 17.7 Å². The molecule has 0 aliphatic heterocycles. The predicted molar refractivity (Wildman–Crippen MR) is 65.6 cm³/mol. The molecule has 1 heterocycles. The van der Waals surface area contributed by atoms with Crippen molar-refractivity contribution in [2.45, 2.75) is 0 Å². The van der Waals surface area contributed by atoms with Gasteiger partial charge in [0.05, 0.1) is 11.4 Å². The average molecular weight is 220 g/mol. The summed E-state index contributed by atoms with van der Waals surface area (Å²) in [7, 11) is 1.76. The molecule has 0 aliphatic rings. The van der Waals surface area contributed by atoms with Crippen LogP contribution in [0, 0.1) is 0 Å². The SMILES string of the molecule is CN(C(=O)CS)c1c[nH]c2ccccc12. The fourth-order valence-corrected chi connectivity index (χ4v) is 1.79. The number of benzene rings is 1. The molecule has 1 amide bonds. The highest BCUT2D eigenvalue weighted by molar-refractivity contribution is 7.81. The third-order valence-electron chi connectivity index (χ3n) is 2.44. The summed E-state index contributed by atoms with van der Waals surface area (Å²) in [6, 6.07) is 7.89. The van der Waals surface area contributed by atoms with Crippen LogP contribution in [-0.2, 0) is 4.79 Å². The van der Waals surface area contributed by atoms with Gasteiger partial charge in [0.15, 0.2) is 0 Å². The van der Waals surface area contributed by atoms with E-state index in [1.807, 2.05) is 30.5 Å². The number of nitrogens with one attached hydrogen (secondary N) is 1. The molecule has 0 atom stereocenters. The van der Waals surface area contributed by atoms with Crippen molar-refractivity contribution in [1.82, 2.24) is 4.98 Å². The van der Waals surface area contributed by atoms with Crippen LogP contribution in [-0.4, -0.2) is 23.7 Å². The Morgan fingerprint density at radius 1 is 1.47 bits per heavy atom. The molecule has 78 valence electrons. The van der Waals surface area contributed by atoms with E-state index in [9.17, 15) is 4.79 Å². The van der Waals surface area contributed by atoms with Crippen molar-refractivity contribution in [3.63, 3.8) is 0 Å². The maximum absolute atomic E-state index is 11.5. The maximum atomic E-state index is 11.5. The van der Waals surface area contributed by atoms with Crippen molar-refractivity contribution in [3.8, 4) is 0 Å². The zero-order valence-corrected chi connectivity index (χ0v) is 9.29. The molecule has 0 bridgehead atoms. The summed E-state index contributed by atoms with van der Waals surface area (Å²) in [5, 5.41) is 1.05. The molecule has 2 aromatic rings. The van der Waals surface area contributed by atoms with Crippen molar-refractivity contribution >= 4 is 35.1 Å². The van der Waals surface area contributed by atoms with Crippen LogP contribution >= 0.6 is 12.6 Å². The van der Waals surface area contributed by atoms with Gasteiger partial charge in [-0.3, -0.25) is 4.79 Å². The van der Waals surface area contributed by atoms with Gasteiger partial charge in [0.1, 0.15) is 0 Å². The molecule has 1 aromatic heterocycles. The number of para-hydroxylation sites is 1. The van der Waals surface area contributed by atoms with Gasteiger partial charge in [-0.05, 0) is 6.07 Å². The minimum absolute atomic E-state index is 0.0110. The summed E-state index contributed by atoms with van der Waals surface area (Å²) in [5.41, 5.74) is 1.93. The first-order chi connectivity index (χ1) is 7.24. The third kappa shape index (κ3) is 1.72. The number of fused-ring (bicyclic) bond motifs is 1. The second-order valence-electron chi connectivity index (χ2n) is 3.33. The van der Waals surface area contributed by atoms with Crippen molar-refractivity contribution < 1.29 is 4.79 Å². The quantitative estimate of drug-likeness (QED) is 0.747. The van der Waals surface area contributed by atoms with Crippen LogP contribution in [0.2, 0.25) is 0 Å². The molecule has 3 nitrogen and oxygen atoms in total. The molecule has 4 heteroatoms. The lowest BCUT2D eigenvalue weighted by molar-refractivity contribution is -0.115. The predicted octanol–water partition coefficient (Wildman–Crippen LogP) is 2.06. The van der Waals surface area contributed by atoms with Crippen LogP contribution in [0.3, 0.4) is 0 Å². The van der Waals surface area contributed by atoms with Gasteiger partial charge in [0.2, 0.25) is 5.91 Å². The fourth-order valence-electron chi connectivity index (χ4n) is 1.57. The molecule has 15 heavy (non-hydrogen) atoms. The van der Waals surface area contributed by atoms with E-state index >= 15 is 0 Å². The Labute approximate surface area is 93.5 Å². The highest BCUT2D eigenvalue weighted by Crippen LogP contribution is 2.25. The highest BCUT2D eigenvalue weighted by Gasteiger charge is 2.12. The summed E-state index contributed by atoms with van der Waals surface area (Å²) >= 11 is 3.98. The van der Waals surface area contributed by atoms with Crippen LogP contribution in [0.5, 0.6) is 0 Å². The Morgan fingerprint density at radius 3 is 2.93 bits per heavy atom. The molecule has 0 spiro atoms. The number of thiol groups is 1. The smallest absolute Gasteiger partial charge is 0.236 e. The average Bonchev–Trinajstić information content (AvgIpc) is 2.70. The van der Waals surface area contributed by atoms with Crippen LogP contribution in [0.25, 0.3) is 10.9 Å². The monoisotopic (exact) mass is 220 g/mol. The molecule has 2 rings (SSSR count). The number of anilines is 1. The number of carbonyl (C=O) groups excluding carboxylic acids is 1. The zero-order chi connectivity index (χ0) is 10.8. The number of carbonyl (C=O) groups is 1. The van der Waals surface area contributed by atoms with E-state index in [4.69, 9.17) is 0 Å². The van der Waals surface area contributed by atoms with E-state index in [-0.39, 0.29) is 11.7 Å². The van der Waals surface area contributed by atoms with Crippen LogP contribution in [0.4, 0.5) is 5.69 Å². The van der Waals surface area contributed by atoms with Crippen LogP contribution in [0.1, 0.15) is 0 Å². The van der Waals surface area contributed by atoms with Gasteiger partial charge in [0, 0.05) is 24.1 Å². The van der Waals surface area contributed by atoms with Crippen LogP contribution < -0.4 is 4.90 Å². The molecule has 0 saturated heterocycles. The van der Waals surface area contributed by atoms with E-state index in [2.05, 4.69) is 17.6 Å². The van der Waals surface area contributed by atoms with Gasteiger partial charge in [-0.15, -0.1) is 0 Å². The molecule has 0 saturated carbocycles. The van der Waals surface area contributed by atoms with Crippen LogP contribution in [0.15, 0.2) is 30.5 Å². The minimum atomic E-state index is -0.0110. The molecular formula is C11H12N2OS. The Bertz CT molecular complexity index is 492. The first kappa shape index (κ1) is 10.1. The van der Waals surface area contributed by atoms with Gasteiger partial charge < -0.3 is 9.88 Å². The second kappa shape index (κ2) is 3.98. The standard InChI is InChI=1S/C11H12N2OS/c1-13(11(14)7-15)10-6-12-9-5-3-2-4-8(9)10/h2-6,12,15H,7H2,1H3. The third-order valence-corrected chi connectivity index (χ3v) is 2.71. The van der Waals surface area contributed by atoms with E-state index in [0.29, 0.717) is 0 Å². The van der Waals surface area contributed by atoms with Crippen molar-refractivity contribution in [3.05, 3.63) is 30.5 Å². The normalized spacial score (nSPS) is 10.5. The Balaban J connectivity index is 2.48. The highest BCUT2D eigenvalue weighted by atomic mass is 32.1. The molecular weight excluding hydrogens is 208 g/mol. The number of hydrogen-bond acceptors (Lipinski definition) is 2. The largest absolute Gasteiger partial charge is 0.359 e. The Kier molecular flexibility index (Phi) is 2.68. The fraction of sp³-hybridized carbons (Fsp3) is 0.182. The number of H-pyrrole nitrogens is 1. The van der Waals surface area contributed by atoms with Crippen molar-refractivity contribution in [1.29, 1.82) is 0 Å². The van der Waals surface area contributed by atoms with E-state index in [1.54, 1.807) is 11.9 Å². The van der Waals surface area contributed by atoms with E-state index < -0.39 is 0 Å². The minimum Gasteiger partial charge on any atom is -0.359 e. The zero-order valence-electron chi connectivity index (χ0n) is 8.40. The Morgan fingerprint density at radius 2 is 2.20 bits per heavy atom. The first-order valence-corrected chi connectivity index (χ1v) is 5.31. The molecule has 0 fully saturated rings. The Hall–Kier alpha value is -1.42. The summed E-state index contributed by atoms with van der Waals surface area (Å²) in [6.45, 7) is 0. The molecule has 0 radical (unpaired) electrons. The van der Waals surface area contributed by atoms with Gasteiger partial charge in [-0.25, -0.2) is 0 Å². The molecule has 1 N–H and O–H groups in total. The lowest BCUT2D eigenvalue weighted by atomic mass is 10.2. The molecule has 1 aromatic carbocycles.